The van der Waals surface area contributed by atoms with Crippen molar-refractivity contribution in [3.05, 3.63) is 0 Å². The Hall–Kier alpha value is 0.0300. The monoisotopic (exact) mass is 466 g/mol. The molecule has 9 heteroatoms. The van der Waals surface area contributed by atoms with Gasteiger partial charge in [0.1, 0.15) is 12.2 Å². The van der Waals surface area contributed by atoms with E-state index in [0.717, 1.165) is 0 Å². The lowest BCUT2D eigenvalue weighted by atomic mass is 9.91. The van der Waals surface area contributed by atoms with Gasteiger partial charge in [-0.05, 0) is 25.7 Å². The highest BCUT2D eigenvalue weighted by molar-refractivity contribution is 7.80. The maximum Gasteiger partial charge on any atom is 0.184 e. The van der Waals surface area contributed by atoms with Crippen LogP contribution < -0.4 is 0 Å². The predicted octanol–water partition coefficient (Wildman–Crippen LogP) is 1.47. The second kappa shape index (κ2) is 12.5. The van der Waals surface area contributed by atoms with Crippen LogP contribution in [-0.2, 0) is 18.9 Å². The van der Waals surface area contributed by atoms with Gasteiger partial charge in [0.15, 0.2) is 12.6 Å². The molecule has 2 fully saturated rings. The van der Waals surface area contributed by atoms with Gasteiger partial charge in [-0.1, -0.05) is 34.6 Å². The summed E-state index contributed by atoms with van der Waals surface area (Å²) in [5, 5.41) is 42.0. The summed E-state index contributed by atoms with van der Waals surface area (Å²) in [6.07, 6.45) is -4.60. The third-order valence-corrected chi connectivity index (χ3v) is 6.99. The minimum Gasteiger partial charge on any atom is -0.390 e. The second-order valence-electron chi connectivity index (χ2n) is 8.95. The molecule has 2 heterocycles. The van der Waals surface area contributed by atoms with Crippen LogP contribution in [0.1, 0.15) is 60.3 Å². The molecule has 0 aromatic rings. The van der Waals surface area contributed by atoms with Crippen molar-refractivity contribution >= 4 is 12.6 Å². The van der Waals surface area contributed by atoms with Gasteiger partial charge in [-0.2, -0.15) is 12.6 Å². The van der Waals surface area contributed by atoms with Gasteiger partial charge in [0, 0.05) is 17.6 Å². The molecule has 184 valence electrons. The quantitative estimate of drug-likeness (QED) is 0.307. The molecule has 0 amide bonds. The van der Waals surface area contributed by atoms with Crippen LogP contribution in [0.15, 0.2) is 0 Å². The average molecular weight is 467 g/mol. The van der Waals surface area contributed by atoms with Crippen LogP contribution >= 0.6 is 12.6 Å². The van der Waals surface area contributed by atoms with Crippen molar-refractivity contribution in [1.82, 2.24) is 0 Å². The van der Waals surface area contributed by atoms with Crippen LogP contribution in [0.3, 0.4) is 0 Å². The van der Waals surface area contributed by atoms with E-state index in [9.17, 15) is 20.4 Å². The fourth-order valence-corrected chi connectivity index (χ4v) is 4.68. The first-order valence-corrected chi connectivity index (χ1v) is 12.3. The maximum atomic E-state index is 11.1. The Labute approximate surface area is 191 Å². The zero-order valence-electron chi connectivity index (χ0n) is 19.3. The van der Waals surface area contributed by atoms with Crippen molar-refractivity contribution in [2.45, 2.75) is 122 Å². The molecule has 2 aliphatic heterocycles. The molecule has 2 aliphatic rings. The lowest BCUT2D eigenvalue weighted by Gasteiger charge is -2.43. The molecule has 8 nitrogen and oxygen atoms in total. The van der Waals surface area contributed by atoms with E-state index in [4.69, 9.17) is 18.9 Å². The molecule has 4 N–H and O–H groups in total. The minimum absolute atomic E-state index is 0.0120. The molecule has 2 rings (SSSR count). The lowest BCUT2D eigenvalue weighted by Crippen LogP contribution is -2.56. The standard InChI is InChI=1S/C22H42O8S/c1-6-14-13(23)9-11(4)21(27-14)28-15(7-2)20(26)16(8-3)29-22-19(25)12(5)18(24)17(10-31)30-22/h11-26,31H,6-10H2,1-5H3. The molecule has 0 saturated carbocycles. The van der Waals surface area contributed by atoms with Crippen molar-refractivity contribution in [3.63, 3.8) is 0 Å². The van der Waals surface area contributed by atoms with Crippen molar-refractivity contribution < 1.29 is 39.4 Å². The van der Waals surface area contributed by atoms with E-state index in [1.807, 2.05) is 27.7 Å². The van der Waals surface area contributed by atoms with Gasteiger partial charge >= 0.3 is 0 Å². The molecule has 0 aromatic heterocycles. The summed E-state index contributed by atoms with van der Waals surface area (Å²) in [4.78, 5) is 0. The fourth-order valence-electron chi connectivity index (χ4n) is 4.38. The first-order chi connectivity index (χ1) is 14.7. The van der Waals surface area contributed by atoms with Crippen LogP contribution in [0.4, 0.5) is 0 Å². The van der Waals surface area contributed by atoms with E-state index in [1.54, 1.807) is 6.92 Å². The number of aliphatic hydroxyl groups is 4. The Morgan fingerprint density at radius 1 is 0.903 bits per heavy atom. The van der Waals surface area contributed by atoms with Crippen LogP contribution in [0, 0.1) is 11.8 Å². The first kappa shape index (κ1) is 27.3. The molecule has 0 bridgehead atoms. The first-order valence-electron chi connectivity index (χ1n) is 11.6. The van der Waals surface area contributed by atoms with Gasteiger partial charge in [0.25, 0.3) is 0 Å². The summed E-state index contributed by atoms with van der Waals surface area (Å²) in [5.41, 5.74) is 0. The number of rotatable bonds is 10. The molecule has 12 unspecified atom stereocenters. The van der Waals surface area contributed by atoms with E-state index >= 15 is 0 Å². The molecule has 0 spiro atoms. The van der Waals surface area contributed by atoms with Gasteiger partial charge in [-0.3, -0.25) is 0 Å². The van der Waals surface area contributed by atoms with Crippen LogP contribution in [0.2, 0.25) is 0 Å². The molecule has 0 aromatic carbocycles. The van der Waals surface area contributed by atoms with Crippen molar-refractivity contribution in [2.24, 2.45) is 11.8 Å². The van der Waals surface area contributed by atoms with Gasteiger partial charge in [0.05, 0.1) is 36.6 Å². The molecular formula is C22H42O8S. The summed E-state index contributed by atoms with van der Waals surface area (Å²) < 4.78 is 23.8. The summed E-state index contributed by atoms with van der Waals surface area (Å²) in [5.74, 6) is -0.167. The normalized spacial score (nSPS) is 42.2. The summed E-state index contributed by atoms with van der Waals surface area (Å²) in [6, 6.07) is 0. The number of aliphatic hydroxyl groups excluding tert-OH is 4. The van der Waals surface area contributed by atoms with E-state index in [-0.39, 0.29) is 12.0 Å². The summed E-state index contributed by atoms with van der Waals surface area (Å²) >= 11 is 4.22. The molecule has 12 atom stereocenters. The number of hydrogen-bond donors (Lipinski definition) is 5. The van der Waals surface area contributed by atoms with E-state index in [0.29, 0.717) is 31.4 Å². The Bertz CT molecular complexity index is 524. The van der Waals surface area contributed by atoms with Crippen LogP contribution in [0.25, 0.3) is 0 Å². The zero-order valence-corrected chi connectivity index (χ0v) is 20.2. The average Bonchev–Trinajstić information content (AvgIpc) is 2.76. The third-order valence-electron chi connectivity index (χ3n) is 6.63. The second-order valence-corrected chi connectivity index (χ2v) is 9.32. The predicted molar refractivity (Wildman–Crippen MR) is 119 cm³/mol. The highest BCUT2D eigenvalue weighted by atomic mass is 32.1. The van der Waals surface area contributed by atoms with Gasteiger partial charge in [-0.25, -0.2) is 0 Å². The minimum atomic E-state index is -1.03. The van der Waals surface area contributed by atoms with Crippen LogP contribution in [-0.4, -0.2) is 87.6 Å². The van der Waals surface area contributed by atoms with Crippen molar-refractivity contribution in [2.75, 3.05) is 5.75 Å². The SMILES string of the molecule is CCC1OC(OC(CC)C(O)C(CC)OC2OC(CS)C(O)C(C)C2O)C(C)CC1O. The third kappa shape index (κ3) is 6.55. The molecule has 0 aliphatic carbocycles. The van der Waals surface area contributed by atoms with E-state index in [1.165, 1.54) is 0 Å². The molecule has 0 radical (unpaired) electrons. The van der Waals surface area contributed by atoms with Gasteiger partial charge < -0.3 is 39.4 Å². The fraction of sp³-hybridized carbons (Fsp3) is 1.00. The molecule has 31 heavy (non-hydrogen) atoms. The smallest absolute Gasteiger partial charge is 0.184 e. The summed E-state index contributed by atoms with van der Waals surface area (Å²) in [7, 11) is 0. The number of ether oxygens (including phenoxy) is 4. The highest BCUT2D eigenvalue weighted by Crippen LogP contribution is 2.32. The van der Waals surface area contributed by atoms with Gasteiger partial charge in [0.2, 0.25) is 0 Å². The molecule has 2 saturated heterocycles. The maximum absolute atomic E-state index is 11.1. The lowest BCUT2D eigenvalue weighted by molar-refractivity contribution is -0.310. The summed E-state index contributed by atoms with van der Waals surface area (Å²) in [6.45, 7) is 9.46. The number of thiol groups is 1. The van der Waals surface area contributed by atoms with E-state index < -0.39 is 61.2 Å². The largest absolute Gasteiger partial charge is 0.390 e. The van der Waals surface area contributed by atoms with E-state index in [2.05, 4.69) is 12.6 Å². The Morgan fingerprint density at radius 3 is 1.97 bits per heavy atom. The van der Waals surface area contributed by atoms with Crippen molar-refractivity contribution in [1.29, 1.82) is 0 Å². The van der Waals surface area contributed by atoms with Gasteiger partial charge in [-0.15, -0.1) is 0 Å². The Balaban J connectivity index is 2.04. The van der Waals surface area contributed by atoms with Crippen molar-refractivity contribution in [3.8, 4) is 0 Å². The topological polar surface area (TPSA) is 118 Å². The zero-order chi connectivity index (χ0) is 23.3. The Morgan fingerprint density at radius 2 is 1.45 bits per heavy atom. The number of hydrogen-bond acceptors (Lipinski definition) is 9. The molecular weight excluding hydrogens is 424 g/mol. The highest BCUT2D eigenvalue weighted by Gasteiger charge is 2.44. The Kier molecular flexibility index (Phi) is 11.0. The van der Waals surface area contributed by atoms with Crippen LogP contribution in [0.5, 0.6) is 0 Å².